The minimum absolute atomic E-state index is 0.134. The molecule has 0 radical (unpaired) electrons. The lowest BCUT2D eigenvalue weighted by Crippen LogP contribution is -2.30. The lowest BCUT2D eigenvalue weighted by molar-refractivity contribution is -0.121. The second-order valence-corrected chi connectivity index (χ2v) is 8.53. The van der Waals surface area contributed by atoms with Crippen LogP contribution in [-0.4, -0.2) is 28.3 Å². The van der Waals surface area contributed by atoms with E-state index in [1.807, 2.05) is 48.5 Å². The number of para-hydroxylation sites is 1. The molecule has 31 heavy (non-hydrogen) atoms. The van der Waals surface area contributed by atoms with Crippen LogP contribution in [0.2, 0.25) is 4.34 Å². The maximum atomic E-state index is 12.9. The molecule has 156 valence electrons. The first kappa shape index (κ1) is 21.0. The topological polar surface area (TPSA) is 84.0 Å². The van der Waals surface area contributed by atoms with Crippen LogP contribution >= 0.6 is 22.9 Å². The van der Waals surface area contributed by atoms with Crippen LogP contribution in [0, 0.1) is 0 Å². The average molecular weight is 451 g/mol. The van der Waals surface area contributed by atoms with Gasteiger partial charge < -0.3 is 10.6 Å². The number of halogens is 1. The Hall–Kier alpha value is -3.29. The van der Waals surface area contributed by atoms with Gasteiger partial charge in [0.25, 0.3) is 5.91 Å². The molecule has 8 heteroatoms. The molecule has 0 aliphatic heterocycles. The summed E-state index contributed by atoms with van der Waals surface area (Å²) in [7, 11) is 0. The van der Waals surface area contributed by atoms with E-state index >= 15 is 0 Å². The fraction of sp³-hybridized carbons (Fsp3) is 0.130. The first-order valence-corrected chi connectivity index (χ1v) is 10.9. The number of hydrogen-bond acceptors (Lipinski definition) is 5. The van der Waals surface area contributed by atoms with E-state index in [0.717, 1.165) is 21.3 Å². The van der Waals surface area contributed by atoms with Crippen molar-refractivity contribution < 1.29 is 9.59 Å². The number of aromatic nitrogens is 2. The van der Waals surface area contributed by atoms with Gasteiger partial charge in [-0.05, 0) is 42.0 Å². The van der Waals surface area contributed by atoms with E-state index in [0.29, 0.717) is 22.1 Å². The highest BCUT2D eigenvalue weighted by Crippen LogP contribution is 2.32. The van der Waals surface area contributed by atoms with Crippen molar-refractivity contribution in [3.63, 3.8) is 0 Å². The molecular formula is C23H19ClN4O2S. The summed E-state index contributed by atoms with van der Waals surface area (Å²) < 4.78 is 0.661. The van der Waals surface area contributed by atoms with Crippen molar-refractivity contribution in [2.45, 2.75) is 13.0 Å². The number of hydrogen-bond donors (Lipinski definition) is 2. The highest BCUT2D eigenvalue weighted by molar-refractivity contribution is 7.19. The monoisotopic (exact) mass is 450 g/mol. The Bertz CT molecular complexity index is 1230. The molecule has 0 spiro atoms. The number of carbonyl (C=O) groups is 2. The van der Waals surface area contributed by atoms with Gasteiger partial charge in [0.2, 0.25) is 5.91 Å². The molecule has 0 saturated heterocycles. The van der Waals surface area contributed by atoms with Gasteiger partial charge in [0.15, 0.2) is 0 Å². The van der Waals surface area contributed by atoms with Crippen molar-refractivity contribution in [2.24, 2.45) is 0 Å². The van der Waals surface area contributed by atoms with Crippen LogP contribution in [-0.2, 0) is 11.3 Å². The third kappa shape index (κ3) is 5.25. The number of benzene rings is 1. The third-order valence-corrected chi connectivity index (χ3v) is 5.92. The molecular weight excluding hydrogens is 432 g/mol. The van der Waals surface area contributed by atoms with Gasteiger partial charge in [-0.15, -0.1) is 11.3 Å². The first-order chi connectivity index (χ1) is 15.1. The smallest absolute Gasteiger partial charge is 0.252 e. The van der Waals surface area contributed by atoms with Crippen molar-refractivity contribution in [3.05, 3.63) is 82.5 Å². The number of rotatable bonds is 7. The average Bonchev–Trinajstić information content (AvgIpc) is 3.24. The second kappa shape index (κ2) is 9.68. The number of nitrogens with one attached hydrogen (secondary N) is 2. The van der Waals surface area contributed by atoms with Crippen molar-refractivity contribution in [1.29, 1.82) is 0 Å². The fourth-order valence-electron chi connectivity index (χ4n) is 3.12. The molecule has 0 aliphatic rings. The summed E-state index contributed by atoms with van der Waals surface area (Å²) in [6.45, 7) is 0.662. The maximum absolute atomic E-state index is 12.9. The molecule has 0 saturated carbocycles. The summed E-state index contributed by atoms with van der Waals surface area (Å²) in [6, 6.07) is 16.6. The molecule has 0 unspecified atom stereocenters. The summed E-state index contributed by atoms with van der Waals surface area (Å²) in [5.74, 6) is -0.380. The van der Waals surface area contributed by atoms with E-state index < -0.39 is 0 Å². The molecule has 2 amide bonds. The zero-order valence-corrected chi connectivity index (χ0v) is 18.0. The third-order valence-electron chi connectivity index (χ3n) is 4.66. The first-order valence-electron chi connectivity index (χ1n) is 9.69. The van der Waals surface area contributed by atoms with Crippen LogP contribution in [0.1, 0.15) is 22.3 Å². The predicted octanol–water partition coefficient (Wildman–Crippen LogP) is 4.45. The SMILES string of the molecule is O=C(CCNC(=O)c1cc(-c2ccc(Cl)s2)nc2ccccc12)NCc1ccncc1. The highest BCUT2D eigenvalue weighted by Gasteiger charge is 2.15. The quantitative estimate of drug-likeness (QED) is 0.435. The zero-order chi connectivity index (χ0) is 21.6. The summed E-state index contributed by atoms with van der Waals surface area (Å²) in [5, 5.41) is 6.44. The van der Waals surface area contributed by atoms with Gasteiger partial charge >= 0.3 is 0 Å². The summed E-state index contributed by atoms with van der Waals surface area (Å²) >= 11 is 7.47. The molecule has 3 aromatic heterocycles. The minimum atomic E-state index is -0.246. The van der Waals surface area contributed by atoms with E-state index in [1.54, 1.807) is 18.5 Å². The van der Waals surface area contributed by atoms with E-state index in [1.165, 1.54) is 11.3 Å². The van der Waals surface area contributed by atoms with Crippen molar-refractivity contribution in [2.75, 3.05) is 6.54 Å². The van der Waals surface area contributed by atoms with Gasteiger partial charge in [0.1, 0.15) is 0 Å². The van der Waals surface area contributed by atoms with Crippen LogP contribution in [0.5, 0.6) is 0 Å². The van der Waals surface area contributed by atoms with Gasteiger partial charge in [-0.3, -0.25) is 14.6 Å². The molecule has 2 N–H and O–H groups in total. The zero-order valence-electron chi connectivity index (χ0n) is 16.5. The molecule has 0 atom stereocenters. The van der Waals surface area contributed by atoms with Crippen LogP contribution in [0.3, 0.4) is 0 Å². The molecule has 6 nitrogen and oxygen atoms in total. The standard InChI is InChI=1S/C23H19ClN4O2S/c24-21-6-5-20(31-21)19-13-17(16-3-1-2-4-18(16)28-19)23(30)26-12-9-22(29)27-14-15-7-10-25-11-8-15/h1-8,10-11,13H,9,12,14H2,(H,26,30)(H,27,29). The Balaban J connectivity index is 1.43. The lowest BCUT2D eigenvalue weighted by atomic mass is 10.1. The van der Waals surface area contributed by atoms with E-state index in [-0.39, 0.29) is 24.8 Å². The number of fused-ring (bicyclic) bond motifs is 1. The van der Waals surface area contributed by atoms with Gasteiger partial charge in [0.05, 0.1) is 26.0 Å². The van der Waals surface area contributed by atoms with E-state index in [4.69, 9.17) is 11.6 Å². The largest absolute Gasteiger partial charge is 0.352 e. The van der Waals surface area contributed by atoms with Gasteiger partial charge in [0, 0.05) is 37.3 Å². The molecule has 0 bridgehead atoms. The second-order valence-electron chi connectivity index (χ2n) is 6.81. The normalized spacial score (nSPS) is 10.7. The highest BCUT2D eigenvalue weighted by atomic mass is 35.5. The molecule has 1 aromatic carbocycles. The van der Waals surface area contributed by atoms with Gasteiger partial charge in [-0.25, -0.2) is 4.98 Å². The number of carbonyl (C=O) groups excluding carboxylic acids is 2. The van der Waals surface area contributed by atoms with Crippen LogP contribution < -0.4 is 10.6 Å². The summed E-state index contributed by atoms with van der Waals surface area (Å²) in [6.07, 6.45) is 3.55. The molecule has 0 aliphatic carbocycles. The number of amides is 2. The molecule has 3 heterocycles. The predicted molar refractivity (Wildman–Crippen MR) is 123 cm³/mol. The summed E-state index contributed by atoms with van der Waals surface area (Å²) in [4.78, 5) is 34.5. The molecule has 4 rings (SSSR count). The Kier molecular flexibility index (Phi) is 6.54. The number of nitrogens with zero attached hydrogens (tertiary/aromatic N) is 2. The Morgan fingerprint density at radius 2 is 1.81 bits per heavy atom. The Labute approximate surface area is 188 Å². The van der Waals surface area contributed by atoms with Crippen molar-refractivity contribution in [3.8, 4) is 10.6 Å². The van der Waals surface area contributed by atoms with Crippen LogP contribution in [0.25, 0.3) is 21.5 Å². The van der Waals surface area contributed by atoms with Crippen molar-refractivity contribution >= 4 is 45.7 Å². The Morgan fingerprint density at radius 1 is 1.00 bits per heavy atom. The number of pyridine rings is 2. The van der Waals surface area contributed by atoms with Gasteiger partial charge in [-0.1, -0.05) is 29.8 Å². The van der Waals surface area contributed by atoms with Crippen molar-refractivity contribution in [1.82, 2.24) is 20.6 Å². The van der Waals surface area contributed by atoms with Gasteiger partial charge in [-0.2, -0.15) is 0 Å². The maximum Gasteiger partial charge on any atom is 0.252 e. The van der Waals surface area contributed by atoms with Crippen LogP contribution in [0.15, 0.2) is 67.0 Å². The lowest BCUT2D eigenvalue weighted by Gasteiger charge is -2.10. The minimum Gasteiger partial charge on any atom is -0.352 e. The van der Waals surface area contributed by atoms with E-state index in [2.05, 4.69) is 20.6 Å². The number of thiophene rings is 1. The molecule has 4 aromatic rings. The van der Waals surface area contributed by atoms with E-state index in [9.17, 15) is 9.59 Å². The van der Waals surface area contributed by atoms with Crippen LogP contribution in [0.4, 0.5) is 0 Å². The fourth-order valence-corrected chi connectivity index (χ4v) is 4.12. The summed E-state index contributed by atoms with van der Waals surface area (Å²) in [5.41, 5.74) is 2.90. The molecule has 0 fully saturated rings. The Morgan fingerprint density at radius 3 is 2.58 bits per heavy atom.